The molecule has 0 spiro atoms. The maximum Gasteiger partial charge on any atom is 0.164 e. The number of aldehydes is 1. The average Bonchev–Trinajstić information content (AvgIpc) is 2.46. The SMILES string of the molecule is O=CC(Br)(Br)c1ccccc1OCc1ccccc1. The molecule has 0 saturated heterocycles. The first-order valence-corrected chi connectivity index (χ1v) is 7.32. The van der Waals surface area contributed by atoms with Crippen molar-refractivity contribution in [2.45, 2.75) is 9.84 Å². The van der Waals surface area contributed by atoms with Gasteiger partial charge in [0, 0.05) is 5.56 Å². The van der Waals surface area contributed by atoms with Crippen LogP contribution in [0.3, 0.4) is 0 Å². The fourth-order valence-electron chi connectivity index (χ4n) is 1.67. The highest BCUT2D eigenvalue weighted by Gasteiger charge is 2.28. The smallest absolute Gasteiger partial charge is 0.164 e. The lowest BCUT2D eigenvalue weighted by molar-refractivity contribution is -0.107. The fraction of sp³-hybridized carbons (Fsp3) is 0.133. The first-order valence-electron chi connectivity index (χ1n) is 5.74. The van der Waals surface area contributed by atoms with Crippen LogP contribution in [-0.4, -0.2) is 6.29 Å². The van der Waals surface area contributed by atoms with E-state index in [4.69, 9.17) is 4.74 Å². The number of carbonyl (C=O) groups is 1. The highest BCUT2D eigenvalue weighted by atomic mass is 79.9. The molecule has 0 atom stereocenters. The fourth-order valence-corrected chi connectivity index (χ4v) is 2.32. The molecule has 2 aromatic carbocycles. The molecular weight excluding hydrogens is 372 g/mol. The summed E-state index contributed by atoms with van der Waals surface area (Å²) in [6.07, 6.45) is 0.789. The molecule has 0 aliphatic carbocycles. The average molecular weight is 384 g/mol. The third kappa shape index (κ3) is 3.67. The van der Waals surface area contributed by atoms with Gasteiger partial charge in [-0.15, -0.1) is 0 Å². The van der Waals surface area contributed by atoms with Crippen molar-refractivity contribution in [3.05, 3.63) is 65.7 Å². The number of halogens is 2. The largest absolute Gasteiger partial charge is 0.489 e. The van der Waals surface area contributed by atoms with Gasteiger partial charge in [-0.2, -0.15) is 0 Å². The van der Waals surface area contributed by atoms with Crippen molar-refractivity contribution in [3.8, 4) is 5.75 Å². The van der Waals surface area contributed by atoms with Crippen LogP contribution in [0.15, 0.2) is 54.6 Å². The van der Waals surface area contributed by atoms with Crippen molar-refractivity contribution in [1.29, 1.82) is 0 Å². The molecule has 19 heavy (non-hydrogen) atoms. The zero-order valence-corrected chi connectivity index (χ0v) is 13.2. The van der Waals surface area contributed by atoms with E-state index in [2.05, 4.69) is 31.9 Å². The highest BCUT2D eigenvalue weighted by molar-refractivity contribution is 9.25. The zero-order valence-electron chi connectivity index (χ0n) is 10.1. The number of ether oxygens (including phenoxy) is 1. The van der Waals surface area contributed by atoms with E-state index in [0.29, 0.717) is 12.4 Å². The van der Waals surface area contributed by atoms with Crippen LogP contribution < -0.4 is 4.74 Å². The maximum absolute atomic E-state index is 11.1. The van der Waals surface area contributed by atoms with Crippen molar-refractivity contribution in [3.63, 3.8) is 0 Å². The second kappa shape index (κ2) is 6.35. The first kappa shape index (κ1) is 14.3. The Hall–Kier alpha value is -1.13. The Morgan fingerprint density at radius 3 is 2.32 bits per heavy atom. The van der Waals surface area contributed by atoms with Gasteiger partial charge in [-0.25, -0.2) is 0 Å². The Bertz CT molecular complexity index is 553. The third-order valence-electron chi connectivity index (χ3n) is 2.63. The molecule has 2 rings (SSSR count). The third-order valence-corrected chi connectivity index (χ3v) is 3.86. The molecular formula is C15H12Br2O2. The van der Waals surface area contributed by atoms with Gasteiger partial charge in [0.05, 0.1) is 0 Å². The van der Waals surface area contributed by atoms with E-state index in [0.717, 1.165) is 17.4 Å². The highest BCUT2D eigenvalue weighted by Crippen LogP contribution is 2.41. The standard InChI is InChI=1S/C15H12Br2O2/c16-15(17,11-18)13-8-4-5-9-14(13)19-10-12-6-2-1-3-7-12/h1-9,11H,10H2. The van der Waals surface area contributed by atoms with Crippen molar-refractivity contribution >= 4 is 38.1 Å². The first-order chi connectivity index (χ1) is 9.13. The van der Waals surface area contributed by atoms with E-state index in [1.807, 2.05) is 54.6 Å². The summed E-state index contributed by atoms with van der Waals surface area (Å²) >= 11 is 6.67. The molecule has 2 aromatic rings. The Balaban J connectivity index is 2.19. The minimum Gasteiger partial charge on any atom is -0.489 e. The van der Waals surface area contributed by atoms with Gasteiger partial charge in [-0.05, 0) is 11.6 Å². The molecule has 0 bridgehead atoms. The number of rotatable bonds is 5. The van der Waals surface area contributed by atoms with Crippen molar-refractivity contribution in [2.75, 3.05) is 0 Å². The summed E-state index contributed by atoms with van der Waals surface area (Å²) in [4.78, 5) is 11.1. The summed E-state index contributed by atoms with van der Waals surface area (Å²) in [6.45, 7) is 0.465. The van der Waals surface area contributed by atoms with Crippen molar-refractivity contribution in [1.82, 2.24) is 0 Å². The van der Waals surface area contributed by atoms with E-state index in [1.54, 1.807) is 0 Å². The number of benzene rings is 2. The predicted octanol–water partition coefficient (Wildman–Crippen LogP) is 4.41. The van der Waals surface area contributed by atoms with Crippen molar-refractivity contribution < 1.29 is 9.53 Å². The predicted molar refractivity (Wildman–Crippen MR) is 82.8 cm³/mol. The summed E-state index contributed by atoms with van der Waals surface area (Å²) in [5, 5.41) is 0. The van der Waals surface area contributed by atoms with Gasteiger partial charge in [0.25, 0.3) is 0 Å². The molecule has 0 fully saturated rings. The molecule has 0 heterocycles. The van der Waals surface area contributed by atoms with Crippen LogP contribution in [0.1, 0.15) is 11.1 Å². The lowest BCUT2D eigenvalue weighted by Crippen LogP contribution is -2.12. The van der Waals surface area contributed by atoms with Crippen LogP contribution in [0.5, 0.6) is 5.75 Å². The molecule has 2 nitrogen and oxygen atoms in total. The number of hydrogen-bond donors (Lipinski definition) is 0. The summed E-state index contributed by atoms with van der Waals surface area (Å²) in [6, 6.07) is 17.3. The monoisotopic (exact) mass is 382 g/mol. The molecule has 0 unspecified atom stereocenters. The summed E-state index contributed by atoms with van der Waals surface area (Å²) < 4.78 is 4.88. The molecule has 4 heteroatoms. The zero-order chi connectivity index (χ0) is 13.7. The Labute approximate surface area is 129 Å². The molecule has 0 N–H and O–H groups in total. The van der Waals surface area contributed by atoms with Gasteiger partial charge in [-0.3, -0.25) is 0 Å². The van der Waals surface area contributed by atoms with Crippen LogP contribution in [0.25, 0.3) is 0 Å². The van der Waals surface area contributed by atoms with Crippen LogP contribution in [-0.2, 0) is 14.6 Å². The number of alkyl halides is 2. The molecule has 0 aliphatic rings. The van der Waals surface area contributed by atoms with Gasteiger partial charge < -0.3 is 9.53 Å². The van der Waals surface area contributed by atoms with Crippen molar-refractivity contribution in [2.24, 2.45) is 0 Å². The van der Waals surface area contributed by atoms with Gasteiger partial charge in [0.1, 0.15) is 12.4 Å². The number of hydrogen-bond acceptors (Lipinski definition) is 2. The molecule has 0 saturated carbocycles. The van der Waals surface area contributed by atoms with Gasteiger partial charge in [0.15, 0.2) is 9.52 Å². The second-order valence-corrected chi connectivity index (χ2v) is 7.58. The van der Waals surface area contributed by atoms with Crippen LogP contribution in [0.2, 0.25) is 0 Å². The topological polar surface area (TPSA) is 26.3 Å². The number of carbonyl (C=O) groups excluding carboxylic acids is 1. The lowest BCUT2D eigenvalue weighted by Gasteiger charge is -2.18. The van der Waals surface area contributed by atoms with Gasteiger partial charge in [0.2, 0.25) is 0 Å². The Kier molecular flexibility index (Phi) is 4.77. The van der Waals surface area contributed by atoms with E-state index < -0.39 is 3.23 Å². The minimum absolute atomic E-state index is 0.465. The molecule has 0 amide bonds. The van der Waals surface area contributed by atoms with E-state index in [1.165, 1.54) is 0 Å². The Morgan fingerprint density at radius 2 is 1.63 bits per heavy atom. The van der Waals surface area contributed by atoms with E-state index in [-0.39, 0.29) is 0 Å². The molecule has 98 valence electrons. The van der Waals surface area contributed by atoms with Crippen LogP contribution >= 0.6 is 31.9 Å². The number of para-hydroxylation sites is 1. The van der Waals surface area contributed by atoms with Gasteiger partial charge >= 0.3 is 0 Å². The molecule has 0 aromatic heterocycles. The maximum atomic E-state index is 11.1. The lowest BCUT2D eigenvalue weighted by atomic mass is 10.1. The Morgan fingerprint density at radius 1 is 1.00 bits per heavy atom. The quantitative estimate of drug-likeness (QED) is 0.564. The summed E-state index contributed by atoms with van der Waals surface area (Å²) in [7, 11) is 0. The molecule has 0 aliphatic heterocycles. The van der Waals surface area contributed by atoms with Crippen LogP contribution in [0.4, 0.5) is 0 Å². The van der Waals surface area contributed by atoms with Gasteiger partial charge in [-0.1, -0.05) is 80.4 Å². The minimum atomic E-state index is -0.909. The normalized spacial score (nSPS) is 11.1. The van der Waals surface area contributed by atoms with E-state index in [9.17, 15) is 4.79 Å². The van der Waals surface area contributed by atoms with E-state index >= 15 is 0 Å². The second-order valence-electron chi connectivity index (χ2n) is 4.01. The summed E-state index contributed by atoms with van der Waals surface area (Å²) in [5.74, 6) is 0.673. The van der Waals surface area contributed by atoms with Crippen LogP contribution in [0, 0.1) is 0 Å². The molecule has 0 radical (unpaired) electrons. The summed E-state index contributed by atoms with van der Waals surface area (Å²) in [5.41, 5.74) is 1.83.